The van der Waals surface area contributed by atoms with E-state index >= 15 is 0 Å². The maximum Gasteiger partial charge on any atom is 0.416 e. The third-order valence-electron chi connectivity index (χ3n) is 3.65. The van der Waals surface area contributed by atoms with Crippen LogP contribution < -0.4 is 0 Å². The van der Waals surface area contributed by atoms with Crippen molar-refractivity contribution in [1.82, 2.24) is 9.97 Å². The van der Waals surface area contributed by atoms with E-state index in [4.69, 9.17) is 0 Å². The monoisotopic (exact) mass is 330 g/mol. The summed E-state index contributed by atoms with van der Waals surface area (Å²) < 4.78 is 37.7. The van der Waals surface area contributed by atoms with E-state index in [-0.39, 0.29) is 0 Å². The van der Waals surface area contributed by atoms with Gasteiger partial charge in [0.2, 0.25) is 0 Å². The van der Waals surface area contributed by atoms with Gasteiger partial charge in [0.1, 0.15) is 5.82 Å². The average Bonchev–Trinajstić information content (AvgIpc) is 3.02. The van der Waals surface area contributed by atoms with E-state index in [0.29, 0.717) is 24.2 Å². The second-order valence-electron chi connectivity index (χ2n) is 5.35. The average molecular weight is 330 g/mol. The fraction of sp³-hybridized carbons (Fsp3) is 0.111. The summed E-state index contributed by atoms with van der Waals surface area (Å²) in [6.45, 7) is 0. The van der Waals surface area contributed by atoms with Crippen LogP contribution in [0.4, 0.5) is 13.2 Å². The topological polar surface area (TPSA) is 45.8 Å². The maximum absolute atomic E-state index is 12.6. The van der Waals surface area contributed by atoms with Crippen LogP contribution in [0.15, 0.2) is 54.7 Å². The minimum atomic E-state index is -4.33. The molecule has 0 bridgehead atoms. The van der Waals surface area contributed by atoms with Gasteiger partial charge in [0.25, 0.3) is 0 Å². The molecule has 0 atom stereocenters. The quantitative estimate of drug-likeness (QED) is 0.716. The Morgan fingerprint density at radius 3 is 2.04 bits per heavy atom. The highest BCUT2D eigenvalue weighted by Crippen LogP contribution is 2.31. The fourth-order valence-corrected chi connectivity index (χ4v) is 2.39. The number of imidazole rings is 1. The van der Waals surface area contributed by atoms with Crippen molar-refractivity contribution >= 4 is 6.29 Å². The molecule has 1 aromatic heterocycles. The van der Waals surface area contributed by atoms with E-state index in [2.05, 4.69) is 9.97 Å². The number of aldehydes is 1. The lowest BCUT2D eigenvalue weighted by Crippen LogP contribution is -2.03. The number of H-pyrrole nitrogens is 1. The Bertz CT molecular complexity index is 834. The van der Waals surface area contributed by atoms with E-state index in [9.17, 15) is 18.0 Å². The van der Waals surface area contributed by atoms with Crippen LogP contribution in [0.25, 0.3) is 11.1 Å². The molecule has 0 fully saturated rings. The normalized spacial score (nSPS) is 11.5. The highest BCUT2D eigenvalue weighted by atomic mass is 19.4. The van der Waals surface area contributed by atoms with Crippen molar-refractivity contribution in [2.24, 2.45) is 0 Å². The van der Waals surface area contributed by atoms with E-state index < -0.39 is 11.7 Å². The Labute approximate surface area is 136 Å². The minimum Gasteiger partial charge on any atom is -0.340 e. The van der Waals surface area contributed by atoms with Crippen LogP contribution >= 0.6 is 0 Å². The number of halogens is 3. The van der Waals surface area contributed by atoms with Gasteiger partial charge < -0.3 is 4.98 Å². The number of benzene rings is 2. The number of carbonyl (C=O) groups excluding carboxylic acids is 1. The van der Waals surface area contributed by atoms with Crippen LogP contribution in [0.2, 0.25) is 0 Å². The Balaban J connectivity index is 1.75. The third-order valence-corrected chi connectivity index (χ3v) is 3.65. The fourth-order valence-electron chi connectivity index (χ4n) is 2.39. The molecule has 0 saturated carbocycles. The molecular weight excluding hydrogens is 317 g/mol. The summed E-state index contributed by atoms with van der Waals surface area (Å²) in [7, 11) is 0. The molecule has 3 nitrogen and oxygen atoms in total. The Morgan fingerprint density at radius 2 is 1.54 bits per heavy atom. The van der Waals surface area contributed by atoms with E-state index in [0.717, 1.165) is 28.8 Å². The number of aromatic nitrogens is 2. The van der Waals surface area contributed by atoms with Gasteiger partial charge in [0.05, 0.1) is 17.5 Å². The molecule has 3 rings (SSSR count). The smallest absolute Gasteiger partial charge is 0.340 e. The van der Waals surface area contributed by atoms with Crippen LogP contribution in [0.5, 0.6) is 0 Å². The predicted molar refractivity (Wildman–Crippen MR) is 83.7 cm³/mol. The van der Waals surface area contributed by atoms with Crippen molar-refractivity contribution < 1.29 is 18.0 Å². The van der Waals surface area contributed by atoms with Crippen molar-refractivity contribution in [2.75, 3.05) is 0 Å². The first-order valence-electron chi connectivity index (χ1n) is 7.21. The van der Waals surface area contributed by atoms with Gasteiger partial charge in [-0.05, 0) is 28.8 Å². The van der Waals surface area contributed by atoms with Crippen LogP contribution in [0.3, 0.4) is 0 Å². The van der Waals surface area contributed by atoms with Gasteiger partial charge in [-0.1, -0.05) is 36.4 Å². The first kappa shape index (κ1) is 16.0. The molecule has 0 aliphatic carbocycles. The van der Waals surface area contributed by atoms with Crippen molar-refractivity contribution in [3.8, 4) is 11.1 Å². The Hall–Kier alpha value is -2.89. The van der Waals surface area contributed by atoms with Crippen molar-refractivity contribution in [1.29, 1.82) is 0 Å². The number of hydrogen-bond donors (Lipinski definition) is 1. The van der Waals surface area contributed by atoms with E-state index in [1.165, 1.54) is 18.3 Å². The summed E-state index contributed by atoms with van der Waals surface area (Å²) in [5, 5.41) is 0. The van der Waals surface area contributed by atoms with Gasteiger partial charge >= 0.3 is 6.18 Å². The summed E-state index contributed by atoms with van der Waals surface area (Å²) >= 11 is 0. The van der Waals surface area contributed by atoms with Gasteiger partial charge in [-0.2, -0.15) is 13.2 Å². The van der Waals surface area contributed by atoms with Crippen molar-refractivity contribution in [2.45, 2.75) is 12.6 Å². The van der Waals surface area contributed by atoms with Crippen LogP contribution in [0, 0.1) is 0 Å². The Kier molecular flexibility index (Phi) is 4.20. The highest BCUT2D eigenvalue weighted by Gasteiger charge is 2.29. The number of aromatic amines is 1. The highest BCUT2D eigenvalue weighted by molar-refractivity contribution is 5.71. The first-order valence-corrected chi connectivity index (χ1v) is 7.21. The predicted octanol–water partition coefficient (Wildman–Crippen LogP) is 4.50. The van der Waals surface area contributed by atoms with Gasteiger partial charge in [0.15, 0.2) is 6.29 Å². The zero-order chi connectivity index (χ0) is 17.2. The van der Waals surface area contributed by atoms with Crippen molar-refractivity contribution in [3.63, 3.8) is 0 Å². The molecular formula is C18H13F3N2O. The summed E-state index contributed by atoms with van der Waals surface area (Å²) in [6, 6.07) is 12.5. The molecule has 1 N–H and O–H groups in total. The number of carbonyl (C=O) groups is 1. The summed E-state index contributed by atoms with van der Waals surface area (Å²) in [4.78, 5) is 17.6. The molecule has 0 aliphatic rings. The molecule has 0 aliphatic heterocycles. The molecule has 122 valence electrons. The van der Waals surface area contributed by atoms with Gasteiger partial charge in [0, 0.05) is 6.42 Å². The van der Waals surface area contributed by atoms with Gasteiger partial charge in [-0.3, -0.25) is 4.79 Å². The molecule has 24 heavy (non-hydrogen) atoms. The van der Waals surface area contributed by atoms with E-state index in [1.807, 2.05) is 24.3 Å². The first-order chi connectivity index (χ1) is 11.5. The summed E-state index contributed by atoms with van der Waals surface area (Å²) in [5.41, 5.74) is 2.30. The van der Waals surface area contributed by atoms with Crippen LogP contribution in [-0.4, -0.2) is 16.3 Å². The Morgan fingerprint density at radius 1 is 0.958 bits per heavy atom. The largest absolute Gasteiger partial charge is 0.416 e. The number of rotatable bonds is 4. The standard InChI is InChI=1S/C18H13F3N2O/c19-18(20,21)15-7-5-14(6-8-15)13-3-1-12(2-4-13)9-17-22-10-16(11-24)23-17/h1-8,10-11H,9H2,(H,22,23). The van der Waals surface area contributed by atoms with Crippen LogP contribution in [0.1, 0.15) is 27.4 Å². The number of alkyl halides is 3. The lowest BCUT2D eigenvalue weighted by Gasteiger charge is -2.08. The third kappa shape index (κ3) is 3.53. The summed E-state index contributed by atoms with van der Waals surface area (Å²) in [5.74, 6) is 0.680. The zero-order valence-corrected chi connectivity index (χ0v) is 12.5. The SMILES string of the molecule is O=Cc1cnc(Cc2ccc(-c3ccc(C(F)(F)F)cc3)cc2)[nH]1. The lowest BCUT2D eigenvalue weighted by atomic mass is 10.0. The summed E-state index contributed by atoms with van der Waals surface area (Å²) in [6.07, 6.45) is -1.62. The lowest BCUT2D eigenvalue weighted by molar-refractivity contribution is -0.137. The molecule has 0 unspecified atom stereocenters. The minimum absolute atomic E-state index is 0.423. The van der Waals surface area contributed by atoms with Crippen molar-refractivity contribution in [3.05, 3.63) is 77.4 Å². The number of nitrogens with one attached hydrogen (secondary N) is 1. The van der Waals surface area contributed by atoms with Crippen LogP contribution in [-0.2, 0) is 12.6 Å². The molecule has 0 amide bonds. The zero-order valence-electron chi connectivity index (χ0n) is 12.5. The van der Waals surface area contributed by atoms with Gasteiger partial charge in [-0.25, -0.2) is 4.98 Å². The van der Waals surface area contributed by atoms with E-state index in [1.54, 1.807) is 0 Å². The number of hydrogen-bond acceptors (Lipinski definition) is 2. The second-order valence-corrected chi connectivity index (χ2v) is 5.35. The second kappa shape index (κ2) is 6.31. The number of nitrogens with zero attached hydrogens (tertiary/aromatic N) is 1. The molecule has 2 aromatic carbocycles. The molecule has 0 radical (unpaired) electrons. The molecule has 3 aromatic rings. The molecule has 6 heteroatoms. The maximum atomic E-state index is 12.6. The molecule has 0 spiro atoms. The molecule has 0 saturated heterocycles. The molecule has 1 heterocycles. The van der Waals surface area contributed by atoms with Gasteiger partial charge in [-0.15, -0.1) is 0 Å².